The quantitative estimate of drug-likeness (QED) is 0.741. The lowest BCUT2D eigenvalue weighted by molar-refractivity contribution is 0.0734. The summed E-state index contributed by atoms with van der Waals surface area (Å²) in [6.07, 6.45) is 4.78. The summed E-state index contributed by atoms with van der Waals surface area (Å²) in [4.78, 5) is 0. The van der Waals surface area contributed by atoms with Crippen LogP contribution in [0.1, 0.15) is 37.9 Å². The van der Waals surface area contributed by atoms with Crippen LogP contribution >= 0.6 is 0 Å². The summed E-state index contributed by atoms with van der Waals surface area (Å²) < 4.78 is 2.02. The van der Waals surface area contributed by atoms with E-state index in [1.165, 1.54) is 0 Å². The Labute approximate surface area is 84.7 Å². The summed E-state index contributed by atoms with van der Waals surface area (Å²) in [6.45, 7) is 4.24. The van der Waals surface area contributed by atoms with Gasteiger partial charge in [-0.2, -0.15) is 5.10 Å². The highest BCUT2D eigenvalue weighted by Crippen LogP contribution is 2.33. The first-order valence-electron chi connectivity index (χ1n) is 5.36. The molecule has 3 nitrogen and oxygen atoms in total. The number of aliphatic hydroxyl groups excluding tert-OH is 1. The maximum Gasteiger partial charge on any atom is 0.0593 e. The molecule has 0 saturated heterocycles. The Balaban J connectivity index is 2.15. The third-order valence-electron chi connectivity index (χ3n) is 3.21. The van der Waals surface area contributed by atoms with Crippen LogP contribution in [0.25, 0.3) is 0 Å². The van der Waals surface area contributed by atoms with Gasteiger partial charge >= 0.3 is 0 Å². The minimum absolute atomic E-state index is 0.138. The average molecular weight is 194 g/mol. The molecule has 1 fully saturated rings. The summed E-state index contributed by atoms with van der Waals surface area (Å²) in [7, 11) is 0. The number of aromatic nitrogens is 2. The zero-order valence-electron chi connectivity index (χ0n) is 8.85. The molecule has 3 unspecified atom stereocenters. The van der Waals surface area contributed by atoms with E-state index in [4.69, 9.17) is 0 Å². The van der Waals surface area contributed by atoms with Gasteiger partial charge in [0.2, 0.25) is 0 Å². The van der Waals surface area contributed by atoms with E-state index in [0.29, 0.717) is 12.0 Å². The van der Waals surface area contributed by atoms with Crippen molar-refractivity contribution in [1.29, 1.82) is 0 Å². The molecule has 1 aliphatic rings. The second kappa shape index (κ2) is 3.73. The van der Waals surface area contributed by atoms with Crippen molar-refractivity contribution in [2.45, 2.75) is 45.3 Å². The SMILES string of the molecule is Cc1ccn(C2CC(O)CCC2C)n1. The van der Waals surface area contributed by atoms with Gasteiger partial charge in [0.05, 0.1) is 17.8 Å². The van der Waals surface area contributed by atoms with Crippen molar-refractivity contribution >= 4 is 0 Å². The number of hydrogen-bond acceptors (Lipinski definition) is 2. The summed E-state index contributed by atoms with van der Waals surface area (Å²) in [5.41, 5.74) is 1.05. The topological polar surface area (TPSA) is 38.0 Å². The third kappa shape index (κ3) is 1.82. The number of aryl methyl sites for hydroxylation is 1. The summed E-state index contributed by atoms with van der Waals surface area (Å²) in [6, 6.07) is 2.40. The van der Waals surface area contributed by atoms with E-state index < -0.39 is 0 Å². The van der Waals surface area contributed by atoms with E-state index in [1.54, 1.807) is 0 Å². The smallest absolute Gasteiger partial charge is 0.0593 e. The minimum atomic E-state index is -0.138. The van der Waals surface area contributed by atoms with Crippen molar-refractivity contribution in [3.8, 4) is 0 Å². The molecule has 0 aromatic carbocycles. The Morgan fingerprint density at radius 3 is 2.93 bits per heavy atom. The third-order valence-corrected chi connectivity index (χ3v) is 3.21. The van der Waals surface area contributed by atoms with Crippen LogP contribution in [0, 0.1) is 12.8 Å². The fourth-order valence-electron chi connectivity index (χ4n) is 2.26. The fraction of sp³-hybridized carbons (Fsp3) is 0.727. The summed E-state index contributed by atoms with van der Waals surface area (Å²) >= 11 is 0. The van der Waals surface area contributed by atoms with E-state index >= 15 is 0 Å². The van der Waals surface area contributed by atoms with Gasteiger partial charge in [0.15, 0.2) is 0 Å². The Bertz CT molecular complexity index is 308. The van der Waals surface area contributed by atoms with Crippen molar-refractivity contribution in [1.82, 2.24) is 9.78 Å². The maximum atomic E-state index is 9.62. The van der Waals surface area contributed by atoms with Crippen molar-refractivity contribution in [3.63, 3.8) is 0 Å². The molecule has 0 spiro atoms. The van der Waals surface area contributed by atoms with Gasteiger partial charge in [-0.05, 0) is 38.2 Å². The van der Waals surface area contributed by atoms with Gasteiger partial charge in [-0.1, -0.05) is 6.92 Å². The Hall–Kier alpha value is -0.830. The van der Waals surface area contributed by atoms with Gasteiger partial charge < -0.3 is 5.11 Å². The molecule has 0 amide bonds. The Morgan fingerprint density at radius 2 is 2.29 bits per heavy atom. The lowest BCUT2D eigenvalue weighted by Crippen LogP contribution is -2.29. The molecule has 0 bridgehead atoms. The lowest BCUT2D eigenvalue weighted by Gasteiger charge is -2.32. The largest absolute Gasteiger partial charge is 0.393 e. The van der Waals surface area contributed by atoms with Crippen molar-refractivity contribution < 1.29 is 5.11 Å². The van der Waals surface area contributed by atoms with E-state index in [2.05, 4.69) is 12.0 Å². The average Bonchev–Trinajstić information content (AvgIpc) is 2.56. The lowest BCUT2D eigenvalue weighted by atomic mass is 9.84. The van der Waals surface area contributed by atoms with Gasteiger partial charge in [-0.15, -0.1) is 0 Å². The first-order chi connectivity index (χ1) is 6.66. The van der Waals surface area contributed by atoms with Crippen molar-refractivity contribution in [3.05, 3.63) is 18.0 Å². The standard InChI is InChI=1S/C11H18N2O/c1-8-3-4-10(14)7-11(8)13-6-5-9(2)12-13/h5-6,8,10-11,14H,3-4,7H2,1-2H3. The van der Waals surface area contributed by atoms with Crippen LogP contribution in [0.2, 0.25) is 0 Å². The highest BCUT2D eigenvalue weighted by Gasteiger charge is 2.28. The van der Waals surface area contributed by atoms with Crippen LogP contribution in [0.4, 0.5) is 0 Å². The highest BCUT2D eigenvalue weighted by molar-refractivity contribution is 4.97. The van der Waals surface area contributed by atoms with Crippen molar-refractivity contribution in [2.24, 2.45) is 5.92 Å². The zero-order valence-corrected chi connectivity index (χ0v) is 8.85. The predicted molar refractivity (Wildman–Crippen MR) is 55.0 cm³/mol. The number of hydrogen-bond donors (Lipinski definition) is 1. The van der Waals surface area contributed by atoms with Gasteiger partial charge in [-0.3, -0.25) is 4.68 Å². The molecule has 2 rings (SSSR count). The Kier molecular flexibility index (Phi) is 2.59. The number of rotatable bonds is 1. The molecule has 1 aromatic rings. The molecule has 0 aliphatic heterocycles. The monoisotopic (exact) mass is 194 g/mol. The van der Waals surface area contributed by atoms with Gasteiger partial charge in [-0.25, -0.2) is 0 Å². The zero-order chi connectivity index (χ0) is 10.1. The molecule has 1 aliphatic carbocycles. The summed E-state index contributed by atoms with van der Waals surface area (Å²) in [5, 5.41) is 14.0. The van der Waals surface area contributed by atoms with Crippen LogP contribution in [0.3, 0.4) is 0 Å². The van der Waals surface area contributed by atoms with E-state index in [-0.39, 0.29) is 6.10 Å². The second-order valence-electron chi connectivity index (χ2n) is 4.45. The molecule has 78 valence electrons. The van der Waals surface area contributed by atoms with Gasteiger partial charge in [0.1, 0.15) is 0 Å². The number of aliphatic hydroxyl groups is 1. The van der Waals surface area contributed by atoms with Gasteiger partial charge in [0.25, 0.3) is 0 Å². The van der Waals surface area contributed by atoms with E-state index in [1.807, 2.05) is 23.9 Å². The predicted octanol–water partition coefficient (Wildman–Crippen LogP) is 1.91. The van der Waals surface area contributed by atoms with Crippen LogP contribution in [0.15, 0.2) is 12.3 Å². The molecular weight excluding hydrogens is 176 g/mol. The van der Waals surface area contributed by atoms with Crippen LogP contribution < -0.4 is 0 Å². The van der Waals surface area contributed by atoms with E-state index in [9.17, 15) is 5.11 Å². The molecule has 3 atom stereocenters. The molecule has 3 heteroatoms. The van der Waals surface area contributed by atoms with E-state index in [0.717, 1.165) is 25.0 Å². The number of nitrogens with zero attached hydrogens (tertiary/aromatic N) is 2. The first kappa shape index (κ1) is 9.71. The molecule has 1 heterocycles. The molecule has 1 saturated carbocycles. The van der Waals surface area contributed by atoms with Crippen LogP contribution in [-0.4, -0.2) is 21.0 Å². The van der Waals surface area contributed by atoms with Crippen LogP contribution in [-0.2, 0) is 0 Å². The molecule has 0 radical (unpaired) electrons. The summed E-state index contributed by atoms with van der Waals surface area (Å²) in [5.74, 6) is 0.623. The Morgan fingerprint density at radius 1 is 1.50 bits per heavy atom. The first-order valence-corrected chi connectivity index (χ1v) is 5.36. The maximum absolute atomic E-state index is 9.62. The molecule has 14 heavy (non-hydrogen) atoms. The second-order valence-corrected chi connectivity index (χ2v) is 4.45. The fourth-order valence-corrected chi connectivity index (χ4v) is 2.26. The normalized spacial score (nSPS) is 33.2. The van der Waals surface area contributed by atoms with Crippen LogP contribution in [0.5, 0.6) is 0 Å². The molecular formula is C11H18N2O. The molecule has 1 N–H and O–H groups in total. The highest BCUT2D eigenvalue weighted by atomic mass is 16.3. The molecule has 1 aromatic heterocycles. The van der Waals surface area contributed by atoms with Crippen molar-refractivity contribution in [2.75, 3.05) is 0 Å². The van der Waals surface area contributed by atoms with Gasteiger partial charge in [0, 0.05) is 6.20 Å². The minimum Gasteiger partial charge on any atom is -0.393 e.